The second-order valence-corrected chi connectivity index (χ2v) is 4.68. The molecule has 1 aromatic carbocycles. The fourth-order valence-electron chi connectivity index (χ4n) is 2.16. The molecule has 112 valence electrons. The van der Waals surface area contributed by atoms with E-state index < -0.39 is 11.7 Å². The zero-order chi connectivity index (χ0) is 15.3. The van der Waals surface area contributed by atoms with E-state index in [1.54, 1.807) is 18.5 Å². The van der Waals surface area contributed by atoms with Crippen molar-refractivity contribution in [2.75, 3.05) is 6.54 Å². The molecule has 1 aromatic heterocycles. The van der Waals surface area contributed by atoms with Crippen molar-refractivity contribution in [1.29, 1.82) is 0 Å². The Balaban J connectivity index is 2.21. The van der Waals surface area contributed by atoms with E-state index in [0.717, 1.165) is 11.6 Å². The third-order valence-corrected chi connectivity index (χ3v) is 3.13. The maximum Gasteiger partial charge on any atom is 0.416 e. The molecule has 0 aliphatic carbocycles. The van der Waals surface area contributed by atoms with Crippen molar-refractivity contribution in [1.82, 2.24) is 15.3 Å². The summed E-state index contributed by atoms with van der Waals surface area (Å²) < 4.78 is 38.2. The van der Waals surface area contributed by atoms with Crippen molar-refractivity contribution in [3.63, 3.8) is 0 Å². The number of hydrogen-bond donors (Lipinski definition) is 1. The van der Waals surface area contributed by atoms with E-state index in [4.69, 9.17) is 0 Å². The van der Waals surface area contributed by atoms with Crippen LogP contribution in [0, 0.1) is 0 Å². The van der Waals surface area contributed by atoms with Crippen molar-refractivity contribution in [2.45, 2.75) is 25.6 Å². The van der Waals surface area contributed by atoms with Gasteiger partial charge in [-0.05, 0) is 24.6 Å². The van der Waals surface area contributed by atoms with Crippen molar-refractivity contribution in [3.05, 3.63) is 59.7 Å². The van der Waals surface area contributed by atoms with Crippen LogP contribution in [-0.2, 0) is 12.6 Å². The number of halogens is 3. The average molecular weight is 295 g/mol. The fourth-order valence-corrected chi connectivity index (χ4v) is 2.16. The average Bonchev–Trinajstić information content (AvgIpc) is 2.47. The van der Waals surface area contributed by atoms with Gasteiger partial charge in [0.25, 0.3) is 0 Å². The van der Waals surface area contributed by atoms with E-state index in [9.17, 15) is 13.2 Å². The van der Waals surface area contributed by atoms with Gasteiger partial charge in [0.2, 0.25) is 0 Å². The molecule has 0 spiro atoms. The lowest BCUT2D eigenvalue weighted by Gasteiger charge is -2.18. The highest BCUT2D eigenvalue weighted by Gasteiger charge is 2.30. The summed E-state index contributed by atoms with van der Waals surface area (Å²) in [5.74, 6) is 0. The first-order valence-electron chi connectivity index (χ1n) is 6.65. The maximum atomic E-state index is 12.7. The number of benzene rings is 1. The first-order chi connectivity index (χ1) is 10.0. The van der Waals surface area contributed by atoms with Crippen molar-refractivity contribution >= 4 is 0 Å². The molecule has 0 aliphatic rings. The van der Waals surface area contributed by atoms with Gasteiger partial charge in [-0.3, -0.25) is 0 Å². The molecule has 0 bridgehead atoms. The standard InChI is InChI=1S/C15H16F3N3/c1-2-21-14(12-8-19-10-20-9-12)7-11-4-3-5-13(6-11)15(16,17)18/h3-6,8-10,14,21H,2,7H2,1H3. The molecule has 0 radical (unpaired) electrons. The molecule has 6 heteroatoms. The maximum absolute atomic E-state index is 12.7. The van der Waals surface area contributed by atoms with Gasteiger partial charge in [0.15, 0.2) is 0 Å². The quantitative estimate of drug-likeness (QED) is 0.919. The van der Waals surface area contributed by atoms with Crippen molar-refractivity contribution in [2.24, 2.45) is 0 Å². The summed E-state index contributed by atoms with van der Waals surface area (Å²) in [6.07, 6.45) is 0.906. The van der Waals surface area contributed by atoms with Gasteiger partial charge >= 0.3 is 6.18 Å². The van der Waals surface area contributed by atoms with Gasteiger partial charge in [-0.2, -0.15) is 13.2 Å². The van der Waals surface area contributed by atoms with Crippen LogP contribution in [0.5, 0.6) is 0 Å². The zero-order valence-corrected chi connectivity index (χ0v) is 11.6. The van der Waals surface area contributed by atoms with Crippen LogP contribution in [0.25, 0.3) is 0 Å². The Bertz CT molecular complexity index is 570. The van der Waals surface area contributed by atoms with Gasteiger partial charge in [0.1, 0.15) is 6.33 Å². The minimum Gasteiger partial charge on any atom is -0.310 e. The molecule has 21 heavy (non-hydrogen) atoms. The predicted octanol–water partition coefficient (Wildman–Crippen LogP) is 3.39. The normalized spacial score (nSPS) is 13.1. The Kier molecular flexibility index (Phi) is 4.90. The van der Waals surface area contributed by atoms with Crippen LogP contribution in [0.4, 0.5) is 13.2 Å². The van der Waals surface area contributed by atoms with Gasteiger partial charge in [0.05, 0.1) is 5.56 Å². The molecule has 0 saturated carbocycles. The second kappa shape index (κ2) is 6.67. The molecule has 1 unspecified atom stereocenters. The van der Waals surface area contributed by atoms with E-state index in [2.05, 4.69) is 15.3 Å². The third-order valence-electron chi connectivity index (χ3n) is 3.13. The van der Waals surface area contributed by atoms with Crippen LogP contribution in [0.3, 0.4) is 0 Å². The van der Waals surface area contributed by atoms with E-state index in [-0.39, 0.29) is 6.04 Å². The molecule has 0 amide bonds. The van der Waals surface area contributed by atoms with Gasteiger partial charge in [-0.1, -0.05) is 25.1 Å². The first kappa shape index (κ1) is 15.4. The second-order valence-electron chi connectivity index (χ2n) is 4.68. The number of nitrogens with one attached hydrogen (secondary N) is 1. The van der Waals surface area contributed by atoms with E-state index >= 15 is 0 Å². The van der Waals surface area contributed by atoms with Crippen LogP contribution in [0.1, 0.15) is 29.7 Å². The molecule has 0 aliphatic heterocycles. The molecule has 0 saturated heterocycles. The molecule has 1 atom stereocenters. The summed E-state index contributed by atoms with van der Waals surface area (Å²) in [6, 6.07) is 5.29. The number of alkyl halides is 3. The van der Waals surface area contributed by atoms with Crippen LogP contribution < -0.4 is 5.32 Å². The monoisotopic (exact) mass is 295 g/mol. The highest BCUT2D eigenvalue weighted by atomic mass is 19.4. The number of nitrogens with zero attached hydrogens (tertiary/aromatic N) is 2. The number of rotatable bonds is 5. The first-order valence-corrected chi connectivity index (χ1v) is 6.65. The lowest BCUT2D eigenvalue weighted by Crippen LogP contribution is -2.23. The summed E-state index contributed by atoms with van der Waals surface area (Å²) >= 11 is 0. The summed E-state index contributed by atoms with van der Waals surface area (Å²) in [6.45, 7) is 2.65. The molecular formula is C15H16F3N3. The van der Waals surface area contributed by atoms with Gasteiger partial charge < -0.3 is 5.32 Å². The number of likely N-dealkylation sites (N-methyl/N-ethyl adjacent to an activating group) is 1. The van der Waals surface area contributed by atoms with E-state index in [0.29, 0.717) is 18.5 Å². The van der Waals surface area contributed by atoms with E-state index in [1.165, 1.54) is 18.5 Å². The van der Waals surface area contributed by atoms with E-state index in [1.807, 2.05) is 6.92 Å². The van der Waals surface area contributed by atoms with Crippen molar-refractivity contribution in [3.8, 4) is 0 Å². The topological polar surface area (TPSA) is 37.8 Å². The van der Waals surface area contributed by atoms with Gasteiger partial charge in [-0.25, -0.2) is 9.97 Å². The molecule has 3 nitrogen and oxygen atoms in total. The Morgan fingerprint density at radius 1 is 1.19 bits per heavy atom. The molecule has 1 N–H and O–H groups in total. The Hall–Kier alpha value is -1.95. The molecular weight excluding hydrogens is 279 g/mol. The zero-order valence-electron chi connectivity index (χ0n) is 11.6. The van der Waals surface area contributed by atoms with Crippen LogP contribution >= 0.6 is 0 Å². The highest BCUT2D eigenvalue weighted by molar-refractivity contribution is 5.27. The van der Waals surface area contributed by atoms with Crippen molar-refractivity contribution < 1.29 is 13.2 Å². The highest BCUT2D eigenvalue weighted by Crippen LogP contribution is 2.30. The number of aromatic nitrogens is 2. The summed E-state index contributed by atoms with van der Waals surface area (Å²) in [4.78, 5) is 7.91. The third kappa shape index (κ3) is 4.26. The Morgan fingerprint density at radius 2 is 1.90 bits per heavy atom. The minimum absolute atomic E-state index is 0.111. The largest absolute Gasteiger partial charge is 0.416 e. The molecule has 0 fully saturated rings. The summed E-state index contributed by atoms with van der Waals surface area (Å²) in [7, 11) is 0. The lowest BCUT2D eigenvalue weighted by atomic mass is 9.99. The van der Waals surface area contributed by atoms with Gasteiger partial charge in [0, 0.05) is 24.0 Å². The molecule has 1 heterocycles. The van der Waals surface area contributed by atoms with Crippen LogP contribution in [-0.4, -0.2) is 16.5 Å². The number of hydrogen-bond acceptors (Lipinski definition) is 3. The Morgan fingerprint density at radius 3 is 2.52 bits per heavy atom. The molecule has 2 aromatic rings. The Labute approximate surface area is 121 Å². The summed E-state index contributed by atoms with van der Waals surface area (Å²) in [5, 5.41) is 3.24. The smallest absolute Gasteiger partial charge is 0.310 e. The van der Waals surface area contributed by atoms with Gasteiger partial charge in [-0.15, -0.1) is 0 Å². The minimum atomic E-state index is -4.32. The summed E-state index contributed by atoms with van der Waals surface area (Å²) in [5.41, 5.74) is 0.857. The molecule has 2 rings (SSSR count). The lowest BCUT2D eigenvalue weighted by molar-refractivity contribution is -0.137. The fraction of sp³-hybridized carbons (Fsp3) is 0.333. The SMILES string of the molecule is CCNC(Cc1cccc(C(F)(F)F)c1)c1cncnc1. The van der Waals surface area contributed by atoms with Crippen LogP contribution in [0.2, 0.25) is 0 Å². The van der Waals surface area contributed by atoms with Crippen LogP contribution in [0.15, 0.2) is 43.0 Å². The predicted molar refractivity (Wildman–Crippen MR) is 73.6 cm³/mol.